The summed E-state index contributed by atoms with van der Waals surface area (Å²) < 4.78 is 14.0. The normalized spacial score (nSPS) is 12.4. The first-order chi connectivity index (χ1) is 9.27. The summed E-state index contributed by atoms with van der Waals surface area (Å²) in [5.74, 6) is -0.264. The summed E-state index contributed by atoms with van der Waals surface area (Å²) >= 11 is 0. The molecule has 0 amide bonds. The summed E-state index contributed by atoms with van der Waals surface area (Å²) in [6.45, 7) is 4.93. The molecule has 100 valence electrons. The fourth-order valence-corrected chi connectivity index (χ4v) is 2.35. The van der Waals surface area contributed by atoms with Crippen molar-refractivity contribution in [3.8, 4) is 0 Å². The van der Waals surface area contributed by atoms with Crippen molar-refractivity contribution in [2.24, 2.45) is 0 Å². The summed E-state index contributed by atoms with van der Waals surface area (Å²) in [7, 11) is 0. The van der Waals surface area contributed by atoms with Crippen molar-refractivity contribution in [2.75, 3.05) is 6.54 Å². The maximum absolute atomic E-state index is 14.0. The van der Waals surface area contributed by atoms with Gasteiger partial charge in [-0.2, -0.15) is 0 Å². The van der Waals surface area contributed by atoms with Gasteiger partial charge in [-0.1, -0.05) is 38.1 Å². The van der Waals surface area contributed by atoms with Crippen molar-refractivity contribution in [3.05, 3.63) is 65.2 Å². The number of hydrogen-bond donors (Lipinski definition) is 1. The molecule has 3 heteroatoms. The van der Waals surface area contributed by atoms with Crippen LogP contribution < -0.4 is 5.32 Å². The van der Waals surface area contributed by atoms with Gasteiger partial charge in [-0.05, 0) is 30.2 Å². The smallest absolute Gasteiger partial charge is 0.146 e. The molecule has 19 heavy (non-hydrogen) atoms. The molecule has 1 aromatic heterocycles. The number of nitrogens with zero attached hydrogens (tertiary/aromatic N) is 1. The molecule has 0 radical (unpaired) electrons. The van der Waals surface area contributed by atoms with Crippen LogP contribution in [0.3, 0.4) is 0 Å². The van der Waals surface area contributed by atoms with Crippen LogP contribution >= 0.6 is 0 Å². The minimum Gasteiger partial charge on any atom is -0.306 e. The maximum atomic E-state index is 14.0. The zero-order valence-corrected chi connectivity index (χ0v) is 11.4. The molecule has 1 atom stereocenters. The van der Waals surface area contributed by atoms with Crippen LogP contribution in [-0.4, -0.2) is 11.5 Å². The second-order valence-electron chi connectivity index (χ2n) is 4.44. The first kappa shape index (κ1) is 13.7. The Morgan fingerprint density at radius 2 is 1.95 bits per heavy atom. The fourth-order valence-electron chi connectivity index (χ4n) is 2.35. The van der Waals surface area contributed by atoms with Crippen LogP contribution in [0, 0.1) is 5.82 Å². The lowest BCUT2D eigenvalue weighted by atomic mass is 9.93. The molecule has 1 aromatic carbocycles. The predicted octanol–water partition coefficient (Wildman–Crippen LogP) is 3.48. The molecule has 0 aliphatic carbocycles. The minimum atomic E-state index is -0.264. The number of benzene rings is 1. The zero-order valence-electron chi connectivity index (χ0n) is 11.4. The Kier molecular flexibility index (Phi) is 4.63. The third kappa shape index (κ3) is 2.99. The molecule has 0 saturated carbocycles. The van der Waals surface area contributed by atoms with E-state index in [0.29, 0.717) is 5.56 Å². The van der Waals surface area contributed by atoms with Gasteiger partial charge in [0.15, 0.2) is 0 Å². The Labute approximate surface area is 113 Å². The van der Waals surface area contributed by atoms with Gasteiger partial charge in [0, 0.05) is 11.8 Å². The first-order valence-corrected chi connectivity index (χ1v) is 6.68. The highest BCUT2D eigenvalue weighted by atomic mass is 19.1. The summed E-state index contributed by atoms with van der Waals surface area (Å²) in [5.41, 5.74) is 3.03. The van der Waals surface area contributed by atoms with E-state index in [1.165, 1.54) is 11.8 Å². The number of pyridine rings is 1. The molecular formula is C16H19FN2. The van der Waals surface area contributed by atoms with E-state index in [1.807, 2.05) is 19.1 Å². The molecule has 0 fully saturated rings. The maximum Gasteiger partial charge on any atom is 0.146 e. The van der Waals surface area contributed by atoms with Gasteiger partial charge in [-0.3, -0.25) is 4.98 Å². The molecule has 0 saturated heterocycles. The molecule has 2 aromatic rings. The van der Waals surface area contributed by atoms with Crippen molar-refractivity contribution in [1.29, 1.82) is 0 Å². The topological polar surface area (TPSA) is 24.9 Å². The monoisotopic (exact) mass is 258 g/mol. The van der Waals surface area contributed by atoms with Crippen LogP contribution in [0.25, 0.3) is 0 Å². The van der Waals surface area contributed by atoms with E-state index >= 15 is 0 Å². The molecule has 0 spiro atoms. The number of hydrogen-bond acceptors (Lipinski definition) is 2. The van der Waals surface area contributed by atoms with E-state index in [-0.39, 0.29) is 11.9 Å². The third-order valence-corrected chi connectivity index (χ3v) is 3.27. The van der Waals surface area contributed by atoms with Gasteiger partial charge in [0.05, 0.1) is 12.2 Å². The summed E-state index contributed by atoms with van der Waals surface area (Å²) in [6, 6.07) is 9.80. The first-order valence-electron chi connectivity index (χ1n) is 6.68. The van der Waals surface area contributed by atoms with Crippen molar-refractivity contribution in [1.82, 2.24) is 10.3 Å². The molecule has 1 unspecified atom stereocenters. The Hall–Kier alpha value is -1.74. The molecule has 0 bridgehead atoms. The van der Waals surface area contributed by atoms with E-state index in [4.69, 9.17) is 0 Å². The Bertz CT molecular complexity index is 540. The lowest BCUT2D eigenvalue weighted by molar-refractivity contribution is 0.552. The molecule has 0 aliphatic heterocycles. The highest BCUT2D eigenvalue weighted by Gasteiger charge is 2.18. The van der Waals surface area contributed by atoms with Gasteiger partial charge in [-0.25, -0.2) is 4.39 Å². The van der Waals surface area contributed by atoms with Crippen LogP contribution in [0.2, 0.25) is 0 Å². The highest BCUT2D eigenvalue weighted by molar-refractivity contribution is 5.37. The van der Waals surface area contributed by atoms with Gasteiger partial charge >= 0.3 is 0 Å². The van der Waals surface area contributed by atoms with Crippen LogP contribution in [0.4, 0.5) is 4.39 Å². The average Bonchev–Trinajstić information content (AvgIpc) is 2.46. The third-order valence-electron chi connectivity index (χ3n) is 3.27. The highest BCUT2D eigenvalue weighted by Crippen LogP contribution is 2.26. The van der Waals surface area contributed by atoms with Crippen molar-refractivity contribution < 1.29 is 4.39 Å². The molecule has 2 rings (SSSR count). The predicted molar refractivity (Wildman–Crippen MR) is 75.5 cm³/mol. The van der Waals surface area contributed by atoms with Crippen molar-refractivity contribution in [2.45, 2.75) is 26.3 Å². The van der Waals surface area contributed by atoms with E-state index in [0.717, 1.165) is 18.5 Å². The second-order valence-corrected chi connectivity index (χ2v) is 4.44. The Morgan fingerprint density at radius 3 is 2.63 bits per heavy atom. The average molecular weight is 258 g/mol. The molecule has 2 nitrogen and oxygen atoms in total. The van der Waals surface area contributed by atoms with Crippen molar-refractivity contribution in [3.63, 3.8) is 0 Å². The van der Waals surface area contributed by atoms with Gasteiger partial charge in [0.2, 0.25) is 0 Å². The second kappa shape index (κ2) is 6.43. The standard InChI is InChI=1S/C16H19FN2/c1-3-12-7-5-6-8-13(12)16(19-4-2)14-9-10-18-11-15(14)17/h5-11,16,19H,3-4H2,1-2H3. The van der Waals surface area contributed by atoms with Crippen LogP contribution in [0.15, 0.2) is 42.7 Å². The molecule has 0 aliphatic rings. The SMILES string of the molecule is CCNC(c1ccncc1F)c1ccccc1CC. The summed E-state index contributed by atoms with van der Waals surface area (Å²) in [5, 5.41) is 3.36. The number of rotatable bonds is 5. The van der Waals surface area contributed by atoms with Crippen LogP contribution in [0.5, 0.6) is 0 Å². The van der Waals surface area contributed by atoms with E-state index in [2.05, 4.69) is 29.4 Å². The molecule has 1 heterocycles. The lowest BCUT2D eigenvalue weighted by Gasteiger charge is -2.22. The summed E-state index contributed by atoms with van der Waals surface area (Å²) in [4.78, 5) is 3.82. The number of aromatic nitrogens is 1. The number of nitrogens with one attached hydrogen (secondary N) is 1. The molecule has 1 N–H and O–H groups in total. The Balaban J connectivity index is 2.49. The fraction of sp³-hybridized carbons (Fsp3) is 0.312. The van der Waals surface area contributed by atoms with Crippen LogP contribution in [-0.2, 0) is 6.42 Å². The minimum absolute atomic E-state index is 0.121. The van der Waals surface area contributed by atoms with Crippen LogP contribution in [0.1, 0.15) is 36.6 Å². The quantitative estimate of drug-likeness (QED) is 0.888. The van der Waals surface area contributed by atoms with Gasteiger partial charge < -0.3 is 5.32 Å². The zero-order chi connectivity index (χ0) is 13.7. The van der Waals surface area contributed by atoms with E-state index in [1.54, 1.807) is 12.3 Å². The number of halogens is 1. The van der Waals surface area contributed by atoms with Gasteiger partial charge in [0.25, 0.3) is 0 Å². The Morgan fingerprint density at radius 1 is 1.16 bits per heavy atom. The number of aryl methyl sites for hydroxylation is 1. The largest absolute Gasteiger partial charge is 0.306 e. The van der Waals surface area contributed by atoms with E-state index in [9.17, 15) is 4.39 Å². The van der Waals surface area contributed by atoms with Gasteiger partial charge in [0.1, 0.15) is 5.82 Å². The van der Waals surface area contributed by atoms with E-state index < -0.39 is 0 Å². The molecular weight excluding hydrogens is 239 g/mol. The van der Waals surface area contributed by atoms with Gasteiger partial charge in [-0.15, -0.1) is 0 Å². The lowest BCUT2D eigenvalue weighted by Crippen LogP contribution is -2.24. The summed E-state index contributed by atoms with van der Waals surface area (Å²) in [6.07, 6.45) is 3.84. The van der Waals surface area contributed by atoms with Crippen molar-refractivity contribution >= 4 is 0 Å².